The number of carbonyl (C=O) groups excluding carboxylic acids is 1. The molecule has 0 aliphatic heterocycles. The van der Waals surface area contributed by atoms with Gasteiger partial charge in [-0.3, -0.25) is 4.79 Å². The molecule has 1 atom stereocenters. The molecule has 0 saturated carbocycles. The molecule has 0 bridgehead atoms. The molecule has 106 valence electrons. The number of aliphatic hydroxyl groups is 1. The van der Waals surface area contributed by atoms with E-state index in [0.29, 0.717) is 29.2 Å². The molecule has 5 heteroatoms. The maximum absolute atomic E-state index is 12.4. The van der Waals surface area contributed by atoms with Gasteiger partial charge in [-0.15, -0.1) is 0 Å². The summed E-state index contributed by atoms with van der Waals surface area (Å²) in [6.07, 6.45) is 0.549. The highest BCUT2D eigenvalue weighted by Crippen LogP contribution is 2.36. The van der Waals surface area contributed by atoms with Gasteiger partial charge >= 0.3 is 0 Å². The first-order valence-electron chi connectivity index (χ1n) is 6.07. The largest absolute Gasteiger partial charge is 0.496 e. The van der Waals surface area contributed by atoms with E-state index >= 15 is 0 Å². The Morgan fingerprint density at radius 2 is 1.68 bits per heavy atom. The third-order valence-electron chi connectivity index (χ3n) is 3.05. The number of Topliss-reactive ketones (excluding diaryl/α,β-unsaturated/α-hetero) is 1. The van der Waals surface area contributed by atoms with Crippen molar-refractivity contribution in [2.75, 3.05) is 27.9 Å². The predicted molar refractivity (Wildman–Crippen MR) is 71.3 cm³/mol. The lowest BCUT2D eigenvalue weighted by molar-refractivity contribution is 0.0850. The van der Waals surface area contributed by atoms with Crippen molar-refractivity contribution in [1.82, 2.24) is 0 Å². The van der Waals surface area contributed by atoms with E-state index < -0.39 is 5.92 Å². The van der Waals surface area contributed by atoms with Crippen molar-refractivity contribution in [2.24, 2.45) is 5.92 Å². The summed E-state index contributed by atoms with van der Waals surface area (Å²) < 4.78 is 15.6. The van der Waals surface area contributed by atoms with Gasteiger partial charge in [-0.05, 0) is 6.42 Å². The first kappa shape index (κ1) is 15.3. The highest BCUT2D eigenvalue weighted by Gasteiger charge is 2.25. The minimum absolute atomic E-state index is 0.193. The average Bonchev–Trinajstić information content (AvgIpc) is 2.46. The van der Waals surface area contributed by atoms with Gasteiger partial charge in [0.25, 0.3) is 0 Å². The van der Waals surface area contributed by atoms with Crippen LogP contribution in [0.4, 0.5) is 0 Å². The number of methoxy groups -OCH3 is 3. The molecular formula is C14H20O5. The Balaban J connectivity index is 3.35. The van der Waals surface area contributed by atoms with Gasteiger partial charge in [-0.1, -0.05) is 6.92 Å². The van der Waals surface area contributed by atoms with Crippen LogP contribution >= 0.6 is 0 Å². The van der Waals surface area contributed by atoms with Crippen molar-refractivity contribution in [1.29, 1.82) is 0 Å². The van der Waals surface area contributed by atoms with E-state index in [9.17, 15) is 9.90 Å². The fraction of sp³-hybridized carbons (Fsp3) is 0.500. The maximum Gasteiger partial charge on any atom is 0.175 e. The molecule has 0 radical (unpaired) electrons. The summed E-state index contributed by atoms with van der Waals surface area (Å²) in [6.45, 7) is 1.65. The SMILES string of the molecule is CCC(CO)C(=O)c1c(OC)cc(OC)cc1OC. The normalized spacial score (nSPS) is 11.8. The van der Waals surface area contributed by atoms with Crippen LogP contribution in [0, 0.1) is 5.92 Å². The third-order valence-corrected chi connectivity index (χ3v) is 3.05. The predicted octanol–water partition coefficient (Wildman–Crippen LogP) is 1.91. The molecule has 0 amide bonds. The van der Waals surface area contributed by atoms with E-state index in [-0.39, 0.29) is 12.4 Å². The van der Waals surface area contributed by atoms with Crippen LogP contribution in [0.25, 0.3) is 0 Å². The minimum Gasteiger partial charge on any atom is -0.496 e. The fourth-order valence-corrected chi connectivity index (χ4v) is 1.85. The molecule has 1 rings (SSSR count). The second-order valence-corrected chi connectivity index (χ2v) is 4.06. The summed E-state index contributed by atoms with van der Waals surface area (Å²) in [4.78, 5) is 12.4. The van der Waals surface area contributed by atoms with Crippen LogP contribution in [0.1, 0.15) is 23.7 Å². The Hall–Kier alpha value is -1.75. The van der Waals surface area contributed by atoms with Crippen molar-refractivity contribution >= 4 is 5.78 Å². The lowest BCUT2D eigenvalue weighted by atomic mass is 9.94. The number of rotatable bonds is 7. The molecule has 0 aliphatic carbocycles. The Labute approximate surface area is 113 Å². The molecule has 0 fully saturated rings. The fourth-order valence-electron chi connectivity index (χ4n) is 1.85. The zero-order chi connectivity index (χ0) is 14.4. The number of hydrogen-bond acceptors (Lipinski definition) is 5. The van der Waals surface area contributed by atoms with Gasteiger partial charge in [0.15, 0.2) is 5.78 Å². The van der Waals surface area contributed by atoms with Crippen LogP contribution in [-0.2, 0) is 0 Å². The molecule has 0 saturated heterocycles. The Morgan fingerprint density at radius 3 is 2.00 bits per heavy atom. The van der Waals surface area contributed by atoms with Gasteiger partial charge in [0, 0.05) is 18.1 Å². The number of aliphatic hydroxyl groups excluding tert-OH is 1. The van der Waals surface area contributed by atoms with Crippen LogP contribution < -0.4 is 14.2 Å². The molecule has 1 aromatic rings. The van der Waals surface area contributed by atoms with Crippen LogP contribution in [0.3, 0.4) is 0 Å². The Bertz CT molecular complexity index is 412. The lowest BCUT2D eigenvalue weighted by Gasteiger charge is -2.17. The second kappa shape index (κ2) is 6.99. The molecule has 0 aromatic heterocycles. The van der Waals surface area contributed by atoms with Gasteiger partial charge in [-0.25, -0.2) is 0 Å². The Kier molecular flexibility index (Phi) is 5.63. The van der Waals surface area contributed by atoms with Crippen LogP contribution in [0.2, 0.25) is 0 Å². The van der Waals surface area contributed by atoms with Gasteiger partial charge in [0.2, 0.25) is 0 Å². The monoisotopic (exact) mass is 268 g/mol. The van der Waals surface area contributed by atoms with Crippen molar-refractivity contribution < 1.29 is 24.1 Å². The number of ether oxygens (including phenoxy) is 3. The van der Waals surface area contributed by atoms with Gasteiger partial charge in [0.05, 0.1) is 27.9 Å². The van der Waals surface area contributed by atoms with Crippen molar-refractivity contribution in [3.05, 3.63) is 17.7 Å². The molecule has 0 aliphatic rings. The smallest absolute Gasteiger partial charge is 0.175 e. The zero-order valence-electron chi connectivity index (χ0n) is 11.7. The van der Waals surface area contributed by atoms with Crippen LogP contribution in [0.5, 0.6) is 17.2 Å². The molecule has 5 nitrogen and oxygen atoms in total. The van der Waals surface area contributed by atoms with Gasteiger partial charge in [0.1, 0.15) is 22.8 Å². The third kappa shape index (κ3) is 3.17. The van der Waals surface area contributed by atoms with E-state index in [0.717, 1.165) is 0 Å². The summed E-state index contributed by atoms with van der Waals surface area (Å²) in [7, 11) is 4.48. The molecule has 1 N–H and O–H groups in total. The summed E-state index contributed by atoms with van der Waals surface area (Å²) in [5.74, 6) is 0.654. The van der Waals surface area contributed by atoms with E-state index in [2.05, 4.69) is 0 Å². The summed E-state index contributed by atoms with van der Waals surface area (Å²) in [5.41, 5.74) is 0.340. The molecule has 1 aromatic carbocycles. The first-order chi connectivity index (χ1) is 9.12. The van der Waals surface area contributed by atoms with Crippen LogP contribution in [-0.4, -0.2) is 38.8 Å². The molecule has 0 heterocycles. The van der Waals surface area contributed by atoms with Crippen molar-refractivity contribution in [3.8, 4) is 17.2 Å². The number of ketones is 1. The summed E-state index contributed by atoms with van der Waals surface area (Å²) >= 11 is 0. The standard InChI is InChI=1S/C14H20O5/c1-5-9(8-15)14(16)13-11(18-3)6-10(17-2)7-12(13)19-4/h6-7,9,15H,5,8H2,1-4H3. The lowest BCUT2D eigenvalue weighted by Crippen LogP contribution is -2.19. The van der Waals surface area contributed by atoms with Gasteiger partial charge < -0.3 is 19.3 Å². The van der Waals surface area contributed by atoms with Crippen molar-refractivity contribution in [2.45, 2.75) is 13.3 Å². The first-order valence-corrected chi connectivity index (χ1v) is 6.07. The topological polar surface area (TPSA) is 65.0 Å². The summed E-state index contributed by atoms with van der Waals surface area (Å²) in [6, 6.07) is 3.25. The van der Waals surface area contributed by atoms with E-state index in [1.165, 1.54) is 21.3 Å². The minimum atomic E-state index is -0.462. The Morgan fingerprint density at radius 1 is 1.16 bits per heavy atom. The van der Waals surface area contributed by atoms with E-state index in [1.807, 2.05) is 6.92 Å². The number of hydrogen-bond donors (Lipinski definition) is 1. The zero-order valence-corrected chi connectivity index (χ0v) is 11.7. The number of benzene rings is 1. The second-order valence-electron chi connectivity index (χ2n) is 4.06. The highest BCUT2D eigenvalue weighted by molar-refractivity contribution is 6.03. The van der Waals surface area contributed by atoms with E-state index in [1.54, 1.807) is 12.1 Å². The van der Waals surface area contributed by atoms with Crippen molar-refractivity contribution in [3.63, 3.8) is 0 Å². The highest BCUT2D eigenvalue weighted by atomic mass is 16.5. The van der Waals surface area contributed by atoms with Gasteiger partial charge in [-0.2, -0.15) is 0 Å². The quantitative estimate of drug-likeness (QED) is 0.765. The van der Waals surface area contributed by atoms with E-state index in [4.69, 9.17) is 14.2 Å². The summed E-state index contributed by atoms with van der Waals surface area (Å²) in [5, 5.41) is 9.26. The van der Waals surface area contributed by atoms with Crippen LogP contribution in [0.15, 0.2) is 12.1 Å². The molecular weight excluding hydrogens is 248 g/mol. The molecule has 19 heavy (non-hydrogen) atoms. The average molecular weight is 268 g/mol. The molecule has 0 spiro atoms. The molecule has 1 unspecified atom stereocenters. The number of carbonyl (C=O) groups is 1. The maximum atomic E-state index is 12.4.